The molecule has 5 nitrogen and oxygen atoms in total. The minimum atomic E-state index is -0.756. The van der Waals surface area contributed by atoms with Crippen molar-refractivity contribution >= 4 is 11.0 Å². The van der Waals surface area contributed by atoms with E-state index in [4.69, 9.17) is 9.15 Å². The monoisotopic (exact) mass is 236 g/mol. The maximum atomic E-state index is 11.5. The van der Waals surface area contributed by atoms with Gasteiger partial charge in [0.15, 0.2) is 5.75 Å². The van der Waals surface area contributed by atoms with Gasteiger partial charge in [0.2, 0.25) is 5.75 Å². The number of phenolic OH excluding ortho intramolecular Hbond substituents is 1. The van der Waals surface area contributed by atoms with Gasteiger partial charge in [0, 0.05) is 6.07 Å². The molecule has 5 heteroatoms. The summed E-state index contributed by atoms with van der Waals surface area (Å²) in [6.07, 6.45) is 0.715. The number of hydrogen-bond donors (Lipinski definition) is 2. The Hall–Kier alpha value is -2.17. The Morgan fingerprint density at radius 1 is 1.35 bits per heavy atom. The number of benzene rings is 1. The Balaban J connectivity index is 2.63. The molecule has 2 aromatic rings. The third kappa shape index (κ3) is 2.04. The standard InChI is InChI=1S/C12H12O5/c1-2-5-16-11-10(14)8-4-3-7(13)6-9(8)17-12(11)15/h3-4,6,13-14H,2,5H2,1H3. The van der Waals surface area contributed by atoms with Crippen molar-refractivity contribution in [3.05, 3.63) is 28.6 Å². The highest BCUT2D eigenvalue weighted by Crippen LogP contribution is 2.32. The minimum Gasteiger partial charge on any atom is -0.508 e. The predicted octanol–water partition coefficient (Wildman–Crippen LogP) is 1.99. The summed E-state index contributed by atoms with van der Waals surface area (Å²) in [5.41, 5.74) is -0.634. The Morgan fingerprint density at radius 2 is 2.12 bits per heavy atom. The number of phenols is 1. The molecule has 2 N–H and O–H groups in total. The summed E-state index contributed by atoms with van der Waals surface area (Å²) in [6.45, 7) is 2.21. The second-order valence-electron chi connectivity index (χ2n) is 3.60. The molecule has 0 amide bonds. The van der Waals surface area contributed by atoms with Gasteiger partial charge in [-0.15, -0.1) is 0 Å². The molecule has 0 unspecified atom stereocenters. The van der Waals surface area contributed by atoms with Crippen LogP contribution in [0.15, 0.2) is 27.4 Å². The second kappa shape index (κ2) is 4.37. The maximum absolute atomic E-state index is 11.5. The van der Waals surface area contributed by atoms with Crippen LogP contribution in [0.1, 0.15) is 13.3 Å². The molecule has 0 radical (unpaired) electrons. The summed E-state index contributed by atoms with van der Waals surface area (Å²) in [7, 11) is 0. The summed E-state index contributed by atoms with van der Waals surface area (Å²) in [5.74, 6) is -0.489. The van der Waals surface area contributed by atoms with E-state index in [1.54, 1.807) is 0 Å². The smallest absolute Gasteiger partial charge is 0.383 e. The molecule has 0 spiro atoms. The fraction of sp³-hybridized carbons (Fsp3) is 0.250. The van der Waals surface area contributed by atoms with E-state index >= 15 is 0 Å². The summed E-state index contributed by atoms with van der Waals surface area (Å²) in [4.78, 5) is 11.5. The van der Waals surface area contributed by atoms with E-state index in [9.17, 15) is 15.0 Å². The van der Waals surface area contributed by atoms with Crippen molar-refractivity contribution < 1.29 is 19.4 Å². The molecule has 1 heterocycles. The SMILES string of the molecule is CCCOc1c(O)c2ccc(O)cc2oc1=O. The van der Waals surface area contributed by atoms with Crippen LogP contribution in [0.2, 0.25) is 0 Å². The van der Waals surface area contributed by atoms with E-state index in [-0.39, 0.29) is 22.8 Å². The lowest BCUT2D eigenvalue weighted by Gasteiger charge is -2.07. The minimum absolute atomic E-state index is 0.0396. The summed E-state index contributed by atoms with van der Waals surface area (Å²) in [5, 5.41) is 19.5. The van der Waals surface area contributed by atoms with E-state index in [1.165, 1.54) is 18.2 Å². The molecule has 1 aromatic carbocycles. The second-order valence-corrected chi connectivity index (χ2v) is 3.60. The molecule has 0 atom stereocenters. The number of hydrogen-bond acceptors (Lipinski definition) is 5. The first-order valence-electron chi connectivity index (χ1n) is 5.25. The molecule has 1 aromatic heterocycles. The van der Waals surface area contributed by atoms with Crippen LogP contribution in [0.5, 0.6) is 17.2 Å². The maximum Gasteiger partial charge on any atom is 0.383 e. The van der Waals surface area contributed by atoms with Crippen LogP contribution in [0.3, 0.4) is 0 Å². The number of ether oxygens (including phenoxy) is 1. The molecule has 2 rings (SSSR count). The Kier molecular flexibility index (Phi) is 2.91. The van der Waals surface area contributed by atoms with Crippen molar-refractivity contribution in [2.45, 2.75) is 13.3 Å². The third-order valence-electron chi connectivity index (χ3n) is 2.27. The molecule has 0 saturated carbocycles. The van der Waals surface area contributed by atoms with Gasteiger partial charge >= 0.3 is 5.63 Å². The first kappa shape index (κ1) is 11.3. The van der Waals surface area contributed by atoms with E-state index < -0.39 is 5.63 Å². The van der Waals surface area contributed by atoms with Crippen molar-refractivity contribution in [1.29, 1.82) is 0 Å². The van der Waals surface area contributed by atoms with Crippen molar-refractivity contribution in [2.24, 2.45) is 0 Å². The zero-order valence-corrected chi connectivity index (χ0v) is 9.27. The fourth-order valence-corrected chi connectivity index (χ4v) is 1.49. The third-order valence-corrected chi connectivity index (χ3v) is 2.27. The lowest BCUT2D eigenvalue weighted by atomic mass is 10.2. The van der Waals surface area contributed by atoms with Crippen LogP contribution in [0, 0.1) is 0 Å². The van der Waals surface area contributed by atoms with E-state index in [0.717, 1.165) is 0 Å². The zero-order chi connectivity index (χ0) is 12.4. The first-order chi connectivity index (χ1) is 8.13. The molecule has 90 valence electrons. The lowest BCUT2D eigenvalue weighted by Crippen LogP contribution is -2.07. The van der Waals surface area contributed by atoms with Crippen LogP contribution < -0.4 is 10.4 Å². The number of fused-ring (bicyclic) bond motifs is 1. The van der Waals surface area contributed by atoms with Gasteiger partial charge in [-0.25, -0.2) is 4.79 Å². The Morgan fingerprint density at radius 3 is 2.82 bits per heavy atom. The average Bonchev–Trinajstić information content (AvgIpc) is 2.28. The van der Waals surface area contributed by atoms with Crippen LogP contribution in [-0.2, 0) is 0 Å². The van der Waals surface area contributed by atoms with Gasteiger partial charge in [-0.1, -0.05) is 6.92 Å². The summed E-state index contributed by atoms with van der Waals surface area (Å²) < 4.78 is 10.1. The Bertz CT molecular complexity index is 600. The average molecular weight is 236 g/mol. The quantitative estimate of drug-likeness (QED) is 0.796. The molecule has 0 aliphatic heterocycles. The van der Waals surface area contributed by atoms with Crippen LogP contribution in [0.4, 0.5) is 0 Å². The van der Waals surface area contributed by atoms with E-state index in [2.05, 4.69) is 0 Å². The van der Waals surface area contributed by atoms with Crippen LogP contribution >= 0.6 is 0 Å². The zero-order valence-electron chi connectivity index (χ0n) is 9.27. The molecule has 0 fully saturated rings. The number of aromatic hydroxyl groups is 2. The van der Waals surface area contributed by atoms with E-state index in [1.807, 2.05) is 6.92 Å². The normalized spacial score (nSPS) is 10.6. The van der Waals surface area contributed by atoms with Gasteiger partial charge in [-0.3, -0.25) is 0 Å². The highest BCUT2D eigenvalue weighted by Gasteiger charge is 2.15. The van der Waals surface area contributed by atoms with Gasteiger partial charge in [-0.05, 0) is 18.6 Å². The van der Waals surface area contributed by atoms with Crippen molar-refractivity contribution in [3.8, 4) is 17.2 Å². The lowest BCUT2D eigenvalue weighted by molar-refractivity contribution is 0.285. The molecule has 0 aliphatic carbocycles. The van der Waals surface area contributed by atoms with E-state index in [0.29, 0.717) is 18.4 Å². The van der Waals surface area contributed by atoms with Crippen LogP contribution in [0.25, 0.3) is 11.0 Å². The van der Waals surface area contributed by atoms with Crippen molar-refractivity contribution in [1.82, 2.24) is 0 Å². The fourth-order valence-electron chi connectivity index (χ4n) is 1.49. The van der Waals surface area contributed by atoms with Gasteiger partial charge < -0.3 is 19.4 Å². The van der Waals surface area contributed by atoms with Gasteiger partial charge in [0.25, 0.3) is 0 Å². The van der Waals surface area contributed by atoms with Crippen LogP contribution in [-0.4, -0.2) is 16.8 Å². The highest BCUT2D eigenvalue weighted by atomic mass is 16.5. The topological polar surface area (TPSA) is 79.9 Å². The number of rotatable bonds is 3. The van der Waals surface area contributed by atoms with Crippen molar-refractivity contribution in [3.63, 3.8) is 0 Å². The molecule has 17 heavy (non-hydrogen) atoms. The molecular formula is C12H12O5. The van der Waals surface area contributed by atoms with Crippen molar-refractivity contribution in [2.75, 3.05) is 6.61 Å². The molecule has 0 saturated heterocycles. The summed E-state index contributed by atoms with van der Waals surface area (Å²) >= 11 is 0. The first-order valence-corrected chi connectivity index (χ1v) is 5.25. The van der Waals surface area contributed by atoms with Gasteiger partial charge in [0.05, 0.1) is 12.0 Å². The predicted molar refractivity (Wildman–Crippen MR) is 61.6 cm³/mol. The summed E-state index contributed by atoms with van der Waals surface area (Å²) in [6, 6.07) is 4.12. The Labute approximate surface area is 96.9 Å². The molecule has 0 bridgehead atoms. The molecule has 0 aliphatic rings. The molecular weight excluding hydrogens is 224 g/mol. The van der Waals surface area contributed by atoms with Gasteiger partial charge in [-0.2, -0.15) is 0 Å². The van der Waals surface area contributed by atoms with Gasteiger partial charge in [0.1, 0.15) is 11.3 Å². The highest BCUT2D eigenvalue weighted by molar-refractivity contribution is 5.86. The largest absolute Gasteiger partial charge is 0.508 e.